The van der Waals surface area contributed by atoms with Crippen LogP contribution in [0, 0.1) is 12.8 Å². The molecule has 0 N–H and O–H groups in total. The number of pyridine rings is 1. The number of nitrogens with zero attached hydrogens (tertiary/aromatic N) is 1. The molecule has 1 fully saturated rings. The molecule has 1 aromatic heterocycles. The van der Waals surface area contributed by atoms with E-state index in [1.54, 1.807) is 6.07 Å². The van der Waals surface area contributed by atoms with Crippen LogP contribution in [-0.4, -0.2) is 24.7 Å². The number of rotatable bonds is 8. The van der Waals surface area contributed by atoms with Crippen molar-refractivity contribution in [2.24, 2.45) is 5.92 Å². The Bertz CT molecular complexity index is 1030. The van der Waals surface area contributed by atoms with Gasteiger partial charge >= 0.3 is 5.97 Å². The summed E-state index contributed by atoms with van der Waals surface area (Å²) in [7, 11) is 1.38. The second-order valence-corrected chi connectivity index (χ2v) is 7.60. The Morgan fingerprint density at radius 2 is 1.90 bits per heavy atom. The minimum Gasteiger partial charge on any atom is -0.489 e. The molecule has 154 valence electrons. The molecule has 4 rings (SSSR count). The van der Waals surface area contributed by atoms with Gasteiger partial charge < -0.3 is 14.2 Å². The topological polar surface area (TPSA) is 57.7 Å². The van der Waals surface area contributed by atoms with Crippen LogP contribution in [0.4, 0.5) is 0 Å². The van der Waals surface area contributed by atoms with E-state index >= 15 is 0 Å². The van der Waals surface area contributed by atoms with Crippen LogP contribution in [0.15, 0.2) is 60.8 Å². The molecule has 1 aliphatic rings. The summed E-state index contributed by atoms with van der Waals surface area (Å²) in [6.45, 7) is 3.06. The summed E-state index contributed by atoms with van der Waals surface area (Å²) >= 11 is 0. The van der Waals surface area contributed by atoms with Crippen molar-refractivity contribution >= 4 is 5.97 Å². The molecular weight excluding hydrogens is 378 g/mol. The Labute approximate surface area is 176 Å². The number of hydrogen-bond donors (Lipinski definition) is 0. The number of aromatic nitrogens is 1. The van der Waals surface area contributed by atoms with Crippen molar-refractivity contribution in [3.05, 3.63) is 77.5 Å². The quantitative estimate of drug-likeness (QED) is 0.483. The smallest absolute Gasteiger partial charge is 0.338 e. The van der Waals surface area contributed by atoms with Gasteiger partial charge in [0.05, 0.1) is 19.3 Å². The van der Waals surface area contributed by atoms with Crippen LogP contribution >= 0.6 is 0 Å². The van der Waals surface area contributed by atoms with Gasteiger partial charge in [0, 0.05) is 17.8 Å². The molecule has 0 spiro atoms. The van der Waals surface area contributed by atoms with E-state index in [4.69, 9.17) is 14.2 Å². The molecule has 0 amide bonds. The maximum atomic E-state index is 11.7. The lowest BCUT2D eigenvalue weighted by Gasteiger charge is -2.11. The number of benzene rings is 2. The summed E-state index contributed by atoms with van der Waals surface area (Å²) in [6, 6.07) is 17.5. The zero-order valence-corrected chi connectivity index (χ0v) is 17.3. The summed E-state index contributed by atoms with van der Waals surface area (Å²) in [5.41, 5.74) is 4.47. The molecule has 1 heterocycles. The first-order valence-corrected chi connectivity index (χ1v) is 10.1. The minimum atomic E-state index is -0.328. The third kappa shape index (κ3) is 4.98. The molecular formula is C25H25NO4. The summed E-state index contributed by atoms with van der Waals surface area (Å²) in [4.78, 5) is 16.1. The van der Waals surface area contributed by atoms with Crippen molar-refractivity contribution in [2.45, 2.75) is 26.4 Å². The van der Waals surface area contributed by atoms with E-state index in [1.807, 2.05) is 61.7 Å². The molecule has 1 aliphatic carbocycles. The summed E-state index contributed by atoms with van der Waals surface area (Å²) in [5.74, 6) is 1.83. The van der Waals surface area contributed by atoms with E-state index < -0.39 is 0 Å². The Hall–Kier alpha value is -3.34. The number of carbonyl (C=O) groups is 1. The first-order valence-electron chi connectivity index (χ1n) is 10.1. The molecule has 1 saturated carbocycles. The Kier molecular flexibility index (Phi) is 5.98. The van der Waals surface area contributed by atoms with Gasteiger partial charge in [-0.3, -0.25) is 0 Å². The van der Waals surface area contributed by atoms with Crippen LogP contribution in [0.5, 0.6) is 11.6 Å². The Balaban J connectivity index is 1.39. The Morgan fingerprint density at radius 3 is 2.60 bits per heavy atom. The zero-order valence-electron chi connectivity index (χ0n) is 17.3. The highest BCUT2D eigenvalue weighted by Crippen LogP contribution is 2.30. The van der Waals surface area contributed by atoms with E-state index in [1.165, 1.54) is 20.0 Å². The van der Waals surface area contributed by atoms with Crippen LogP contribution in [0.25, 0.3) is 11.1 Å². The lowest BCUT2D eigenvalue weighted by molar-refractivity contribution is 0.0600. The van der Waals surface area contributed by atoms with Crippen LogP contribution in [0.1, 0.15) is 34.3 Å². The monoisotopic (exact) mass is 403 g/mol. The highest BCUT2D eigenvalue weighted by Gasteiger charge is 2.22. The van der Waals surface area contributed by atoms with Crippen molar-refractivity contribution in [1.29, 1.82) is 0 Å². The maximum Gasteiger partial charge on any atom is 0.338 e. The first kappa shape index (κ1) is 20.0. The van der Waals surface area contributed by atoms with E-state index in [0.29, 0.717) is 24.0 Å². The van der Waals surface area contributed by atoms with Gasteiger partial charge in [0.1, 0.15) is 12.4 Å². The van der Waals surface area contributed by atoms with E-state index in [0.717, 1.165) is 34.6 Å². The zero-order chi connectivity index (χ0) is 20.9. The maximum absolute atomic E-state index is 11.7. The van der Waals surface area contributed by atoms with Gasteiger partial charge in [-0.2, -0.15) is 0 Å². The fourth-order valence-corrected chi connectivity index (χ4v) is 3.21. The fourth-order valence-electron chi connectivity index (χ4n) is 3.21. The van der Waals surface area contributed by atoms with Crippen molar-refractivity contribution in [1.82, 2.24) is 4.98 Å². The molecule has 0 atom stereocenters. The Morgan fingerprint density at radius 1 is 1.03 bits per heavy atom. The molecule has 0 aliphatic heterocycles. The van der Waals surface area contributed by atoms with E-state index in [-0.39, 0.29) is 5.97 Å². The van der Waals surface area contributed by atoms with Gasteiger partial charge in [0.15, 0.2) is 0 Å². The molecule has 0 radical (unpaired) electrons. The largest absolute Gasteiger partial charge is 0.489 e. The van der Waals surface area contributed by atoms with Crippen molar-refractivity contribution in [3.63, 3.8) is 0 Å². The summed E-state index contributed by atoms with van der Waals surface area (Å²) in [6.07, 6.45) is 4.36. The van der Waals surface area contributed by atoms with Crippen molar-refractivity contribution in [3.8, 4) is 22.8 Å². The first-order chi connectivity index (χ1) is 14.6. The van der Waals surface area contributed by atoms with Crippen molar-refractivity contribution in [2.75, 3.05) is 13.7 Å². The van der Waals surface area contributed by atoms with E-state index in [9.17, 15) is 4.79 Å². The summed E-state index contributed by atoms with van der Waals surface area (Å²) in [5, 5.41) is 0. The molecule has 2 aromatic carbocycles. The van der Waals surface area contributed by atoms with E-state index in [2.05, 4.69) is 4.98 Å². The molecule has 5 nitrogen and oxygen atoms in total. The molecule has 0 unspecified atom stereocenters. The van der Waals surface area contributed by atoms with Gasteiger partial charge in [0.2, 0.25) is 5.88 Å². The number of aryl methyl sites for hydroxylation is 1. The normalized spacial score (nSPS) is 13.0. The van der Waals surface area contributed by atoms with Gasteiger partial charge in [-0.1, -0.05) is 24.3 Å². The predicted molar refractivity (Wildman–Crippen MR) is 115 cm³/mol. The van der Waals surface area contributed by atoms with Gasteiger partial charge in [-0.15, -0.1) is 0 Å². The van der Waals surface area contributed by atoms with Gasteiger partial charge in [-0.05, 0) is 66.6 Å². The lowest BCUT2D eigenvalue weighted by Crippen LogP contribution is -2.05. The third-order valence-corrected chi connectivity index (χ3v) is 5.17. The second kappa shape index (κ2) is 8.99. The number of ether oxygens (including phenoxy) is 3. The highest BCUT2D eigenvalue weighted by molar-refractivity contribution is 5.90. The minimum absolute atomic E-state index is 0.328. The number of carbonyl (C=O) groups excluding carboxylic acids is 1. The molecule has 0 saturated heterocycles. The van der Waals surface area contributed by atoms with Crippen molar-refractivity contribution < 1.29 is 19.0 Å². The highest BCUT2D eigenvalue weighted by atomic mass is 16.5. The van der Waals surface area contributed by atoms with Crippen LogP contribution in [-0.2, 0) is 11.3 Å². The van der Waals surface area contributed by atoms with Crippen LogP contribution in [0.3, 0.4) is 0 Å². The summed E-state index contributed by atoms with van der Waals surface area (Å²) < 4.78 is 16.5. The van der Waals surface area contributed by atoms with Crippen LogP contribution in [0.2, 0.25) is 0 Å². The number of methoxy groups -OCH3 is 1. The van der Waals surface area contributed by atoms with Gasteiger partial charge in [0.25, 0.3) is 0 Å². The van der Waals surface area contributed by atoms with Gasteiger partial charge in [-0.25, -0.2) is 9.78 Å². The average molecular weight is 403 g/mol. The third-order valence-electron chi connectivity index (χ3n) is 5.17. The fraction of sp³-hybridized carbons (Fsp3) is 0.280. The molecule has 0 bridgehead atoms. The standard InChI is InChI=1S/C25H25NO4/c1-17-12-19(8-10-23(17)25(27)28-2)16-29-22-5-3-4-20(13-22)21-9-11-24(26-14-21)30-15-18-6-7-18/h3-5,8-14,18H,6-7,15-16H2,1-2H3. The second-order valence-electron chi connectivity index (χ2n) is 7.60. The van der Waals surface area contributed by atoms with Crippen LogP contribution < -0.4 is 9.47 Å². The predicted octanol–water partition coefficient (Wildman–Crippen LogP) is 5.21. The molecule has 3 aromatic rings. The average Bonchev–Trinajstić information content (AvgIpc) is 3.61. The number of hydrogen-bond acceptors (Lipinski definition) is 5. The molecule has 30 heavy (non-hydrogen) atoms. The molecule has 5 heteroatoms. The SMILES string of the molecule is COC(=O)c1ccc(COc2cccc(-c3ccc(OCC4CC4)nc3)c2)cc1C. The number of esters is 1. The lowest BCUT2D eigenvalue weighted by atomic mass is 10.1.